The molecule has 0 aromatic carbocycles. The van der Waals surface area contributed by atoms with Gasteiger partial charge in [0.1, 0.15) is 6.04 Å². The van der Waals surface area contributed by atoms with Gasteiger partial charge in [0.05, 0.1) is 6.54 Å². The molecular formula is C11H19N3O2. The van der Waals surface area contributed by atoms with Crippen LogP contribution in [-0.2, 0) is 9.59 Å². The molecule has 90 valence electrons. The third kappa shape index (κ3) is 2.04. The quantitative estimate of drug-likeness (QED) is 0.692. The van der Waals surface area contributed by atoms with Crippen molar-refractivity contribution in [1.82, 2.24) is 9.80 Å². The molecule has 2 amide bonds. The molecule has 2 aliphatic rings. The third-order valence-electron chi connectivity index (χ3n) is 3.25. The van der Waals surface area contributed by atoms with Crippen molar-refractivity contribution in [2.45, 2.75) is 38.3 Å². The number of hydrogen-bond acceptors (Lipinski definition) is 3. The lowest BCUT2D eigenvalue weighted by atomic mass is 9.98. The molecule has 0 saturated carbocycles. The number of hydrogen-bond donors (Lipinski definition) is 1. The molecule has 2 saturated heterocycles. The van der Waals surface area contributed by atoms with Gasteiger partial charge in [0, 0.05) is 19.1 Å². The Morgan fingerprint density at radius 1 is 1.44 bits per heavy atom. The largest absolute Gasteiger partial charge is 0.330 e. The van der Waals surface area contributed by atoms with Crippen LogP contribution in [0.3, 0.4) is 0 Å². The zero-order chi connectivity index (χ0) is 11.7. The summed E-state index contributed by atoms with van der Waals surface area (Å²) in [6.07, 6.45) is 2.86. The first kappa shape index (κ1) is 11.4. The van der Waals surface area contributed by atoms with E-state index in [1.165, 1.54) is 0 Å². The maximum absolute atomic E-state index is 12.1. The van der Waals surface area contributed by atoms with Crippen LogP contribution in [0, 0.1) is 0 Å². The maximum Gasteiger partial charge on any atom is 0.245 e. The van der Waals surface area contributed by atoms with Crippen LogP contribution in [0.2, 0.25) is 0 Å². The number of nitrogens with two attached hydrogens (primary N) is 1. The van der Waals surface area contributed by atoms with Gasteiger partial charge in [0.2, 0.25) is 11.8 Å². The molecule has 16 heavy (non-hydrogen) atoms. The van der Waals surface area contributed by atoms with Gasteiger partial charge < -0.3 is 15.5 Å². The summed E-state index contributed by atoms with van der Waals surface area (Å²) in [6, 6.07) is -0.291. The Morgan fingerprint density at radius 2 is 2.19 bits per heavy atom. The average molecular weight is 225 g/mol. The molecule has 5 nitrogen and oxygen atoms in total. The van der Waals surface area contributed by atoms with Crippen molar-refractivity contribution in [1.29, 1.82) is 0 Å². The number of amides is 2. The lowest BCUT2D eigenvalue weighted by Gasteiger charge is -2.43. The van der Waals surface area contributed by atoms with E-state index >= 15 is 0 Å². The van der Waals surface area contributed by atoms with E-state index in [0.717, 1.165) is 25.8 Å². The predicted molar refractivity (Wildman–Crippen MR) is 59.6 cm³/mol. The molecule has 2 atom stereocenters. The fourth-order valence-corrected chi connectivity index (χ4v) is 2.53. The number of fused-ring (bicyclic) bond motifs is 1. The van der Waals surface area contributed by atoms with E-state index < -0.39 is 0 Å². The minimum Gasteiger partial charge on any atom is -0.330 e. The lowest BCUT2D eigenvalue weighted by molar-refractivity contribution is -0.157. The first-order valence-corrected chi connectivity index (χ1v) is 5.93. The summed E-state index contributed by atoms with van der Waals surface area (Å²) in [5, 5.41) is 0. The second-order valence-corrected chi connectivity index (χ2v) is 4.79. The van der Waals surface area contributed by atoms with Crippen LogP contribution in [0.25, 0.3) is 0 Å². The number of carbonyl (C=O) groups excluding carboxylic acids is 2. The SMILES string of the molecule is C[C@@H](N)CN1CC(=O)N2CCCCC2C1=O. The second-order valence-electron chi connectivity index (χ2n) is 4.79. The van der Waals surface area contributed by atoms with Gasteiger partial charge in [-0.05, 0) is 26.2 Å². The Kier molecular flexibility index (Phi) is 3.14. The highest BCUT2D eigenvalue weighted by Crippen LogP contribution is 2.22. The first-order valence-electron chi connectivity index (χ1n) is 5.93. The van der Waals surface area contributed by atoms with Gasteiger partial charge in [-0.3, -0.25) is 9.59 Å². The van der Waals surface area contributed by atoms with Crippen LogP contribution in [0.1, 0.15) is 26.2 Å². The number of piperazine rings is 1. The molecule has 2 rings (SSSR count). The zero-order valence-corrected chi connectivity index (χ0v) is 9.69. The van der Waals surface area contributed by atoms with Crippen molar-refractivity contribution in [2.75, 3.05) is 19.6 Å². The van der Waals surface area contributed by atoms with Gasteiger partial charge in [-0.25, -0.2) is 0 Å². The minimum absolute atomic E-state index is 0.0740. The van der Waals surface area contributed by atoms with Crippen molar-refractivity contribution in [3.05, 3.63) is 0 Å². The topological polar surface area (TPSA) is 66.6 Å². The van der Waals surface area contributed by atoms with Gasteiger partial charge >= 0.3 is 0 Å². The third-order valence-corrected chi connectivity index (χ3v) is 3.25. The Hall–Kier alpha value is -1.10. The molecule has 2 aliphatic heterocycles. The molecule has 2 heterocycles. The monoisotopic (exact) mass is 225 g/mol. The van der Waals surface area contributed by atoms with E-state index in [1.807, 2.05) is 6.92 Å². The van der Waals surface area contributed by atoms with Crippen LogP contribution < -0.4 is 5.73 Å². The fraction of sp³-hybridized carbons (Fsp3) is 0.818. The highest BCUT2D eigenvalue weighted by atomic mass is 16.2. The molecule has 0 bridgehead atoms. The number of nitrogens with zero attached hydrogens (tertiary/aromatic N) is 2. The van der Waals surface area contributed by atoms with E-state index in [1.54, 1.807) is 9.80 Å². The molecule has 0 aromatic rings. The predicted octanol–water partition coefficient (Wildman–Crippen LogP) is -0.443. The van der Waals surface area contributed by atoms with Crippen LogP contribution in [0.4, 0.5) is 0 Å². The molecule has 2 fully saturated rings. The zero-order valence-electron chi connectivity index (χ0n) is 9.69. The van der Waals surface area contributed by atoms with E-state index in [-0.39, 0.29) is 30.4 Å². The molecule has 1 unspecified atom stereocenters. The first-order chi connectivity index (χ1) is 7.59. The smallest absolute Gasteiger partial charge is 0.245 e. The summed E-state index contributed by atoms with van der Waals surface area (Å²) < 4.78 is 0. The number of piperidine rings is 1. The van der Waals surface area contributed by atoms with E-state index in [0.29, 0.717) is 6.54 Å². The van der Waals surface area contributed by atoms with Gasteiger partial charge in [-0.15, -0.1) is 0 Å². The van der Waals surface area contributed by atoms with Crippen molar-refractivity contribution >= 4 is 11.8 Å². The molecule has 5 heteroatoms. The number of rotatable bonds is 2. The Labute approximate surface area is 95.6 Å². The van der Waals surface area contributed by atoms with Crippen LogP contribution in [0.15, 0.2) is 0 Å². The van der Waals surface area contributed by atoms with E-state index in [9.17, 15) is 9.59 Å². The normalized spacial score (nSPS) is 28.0. The summed E-state index contributed by atoms with van der Waals surface area (Å²) >= 11 is 0. The highest BCUT2D eigenvalue weighted by molar-refractivity contribution is 5.95. The van der Waals surface area contributed by atoms with Crippen molar-refractivity contribution in [3.63, 3.8) is 0 Å². The molecule has 2 N–H and O–H groups in total. The lowest BCUT2D eigenvalue weighted by Crippen LogP contribution is -2.62. The van der Waals surface area contributed by atoms with Crippen molar-refractivity contribution in [2.24, 2.45) is 5.73 Å². The van der Waals surface area contributed by atoms with Crippen LogP contribution in [0.5, 0.6) is 0 Å². The highest BCUT2D eigenvalue weighted by Gasteiger charge is 2.40. The van der Waals surface area contributed by atoms with Gasteiger partial charge in [0.25, 0.3) is 0 Å². The summed E-state index contributed by atoms with van der Waals surface area (Å²) in [5.74, 6) is 0.154. The number of carbonyl (C=O) groups is 2. The summed E-state index contributed by atoms with van der Waals surface area (Å²) in [5.41, 5.74) is 5.68. The van der Waals surface area contributed by atoms with Gasteiger partial charge in [-0.2, -0.15) is 0 Å². The maximum atomic E-state index is 12.1. The Bertz CT molecular complexity index is 304. The molecular weight excluding hydrogens is 206 g/mol. The fourth-order valence-electron chi connectivity index (χ4n) is 2.53. The van der Waals surface area contributed by atoms with Crippen LogP contribution in [-0.4, -0.2) is 53.3 Å². The minimum atomic E-state index is -0.214. The second kappa shape index (κ2) is 4.41. The van der Waals surface area contributed by atoms with Gasteiger partial charge in [0.15, 0.2) is 0 Å². The standard InChI is InChI=1S/C11H19N3O2/c1-8(12)6-13-7-10(15)14-5-3-2-4-9(14)11(13)16/h8-9H,2-7,12H2,1H3/t8-,9?/m1/s1. The van der Waals surface area contributed by atoms with Gasteiger partial charge in [-0.1, -0.05) is 0 Å². The molecule has 0 aromatic heterocycles. The van der Waals surface area contributed by atoms with Crippen molar-refractivity contribution in [3.8, 4) is 0 Å². The average Bonchev–Trinajstić information content (AvgIpc) is 2.25. The van der Waals surface area contributed by atoms with Crippen molar-refractivity contribution < 1.29 is 9.59 Å². The van der Waals surface area contributed by atoms with E-state index in [4.69, 9.17) is 5.73 Å². The Morgan fingerprint density at radius 3 is 2.88 bits per heavy atom. The summed E-state index contributed by atoms with van der Waals surface area (Å²) in [6.45, 7) is 3.28. The summed E-state index contributed by atoms with van der Waals surface area (Å²) in [4.78, 5) is 27.3. The summed E-state index contributed by atoms with van der Waals surface area (Å²) in [7, 11) is 0. The van der Waals surface area contributed by atoms with E-state index in [2.05, 4.69) is 0 Å². The molecule has 0 spiro atoms. The molecule has 0 aliphatic carbocycles. The van der Waals surface area contributed by atoms with Crippen LogP contribution >= 0.6 is 0 Å². The Balaban J connectivity index is 2.10. The molecule has 0 radical (unpaired) electrons.